The maximum Gasteiger partial charge on any atom is 0.280 e. The minimum Gasteiger partial charge on any atom is -0.347 e. The molecule has 1 saturated heterocycles. The molecular formula is C22H23FN6O2. The van der Waals surface area contributed by atoms with Gasteiger partial charge in [0.1, 0.15) is 11.9 Å². The average Bonchev–Trinajstić information content (AvgIpc) is 3.54. The number of hydrogen-bond donors (Lipinski definition) is 0. The summed E-state index contributed by atoms with van der Waals surface area (Å²) in [6.45, 7) is 0.948. The second kappa shape index (κ2) is 7.64. The van der Waals surface area contributed by atoms with E-state index in [4.69, 9.17) is 0 Å². The molecule has 0 bridgehead atoms. The molecule has 0 N–H and O–H groups in total. The minimum atomic E-state index is -1.08. The Labute approximate surface area is 178 Å². The molecule has 0 unspecified atom stereocenters. The van der Waals surface area contributed by atoms with Gasteiger partial charge >= 0.3 is 0 Å². The first kappa shape index (κ1) is 19.5. The van der Waals surface area contributed by atoms with Crippen LogP contribution in [0.5, 0.6) is 0 Å². The fraction of sp³-hybridized carbons (Fsp3) is 0.364. The molecule has 3 aromatic rings. The largest absolute Gasteiger partial charge is 0.347 e. The second-order valence-electron chi connectivity index (χ2n) is 8.11. The van der Waals surface area contributed by atoms with Gasteiger partial charge in [0.15, 0.2) is 5.69 Å². The van der Waals surface area contributed by atoms with E-state index in [-0.39, 0.29) is 43.1 Å². The summed E-state index contributed by atoms with van der Waals surface area (Å²) in [6, 6.07) is 11.0. The van der Waals surface area contributed by atoms with Crippen LogP contribution in [0.3, 0.4) is 0 Å². The van der Waals surface area contributed by atoms with Crippen molar-refractivity contribution in [1.82, 2.24) is 24.5 Å². The molecular weight excluding hydrogens is 399 g/mol. The van der Waals surface area contributed by atoms with Crippen molar-refractivity contribution in [3.63, 3.8) is 0 Å². The monoisotopic (exact) mass is 422 g/mol. The molecule has 0 saturated carbocycles. The lowest BCUT2D eigenvalue weighted by atomic mass is 10.2. The van der Waals surface area contributed by atoms with Crippen LogP contribution in [0.15, 0.2) is 48.8 Å². The number of carbonyl (C=O) groups excluding carboxylic acids is 2. The topological polar surface area (TPSA) is 76.3 Å². The molecule has 2 aromatic heterocycles. The van der Waals surface area contributed by atoms with Crippen LogP contribution in [-0.2, 0) is 20.0 Å². The van der Waals surface area contributed by atoms with E-state index in [2.05, 4.69) is 10.3 Å². The van der Waals surface area contributed by atoms with Gasteiger partial charge in [0.05, 0.1) is 25.3 Å². The van der Waals surface area contributed by atoms with Crippen molar-refractivity contribution in [1.29, 1.82) is 0 Å². The highest BCUT2D eigenvalue weighted by molar-refractivity contribution is 6.05. The number of benzene rings is 1. The van der Waals surface area contributed by atoms with Crippen LogP contribution in [0.2, 0.25) is 0 Å². The Morgan fingerprint density at radius 3 is 2.81 bits per heavy atom. The van der Waals surface area contributed by atoms with E-state index in [0.29, 0.717) is 12.2 Å². The number of fused-ring (bicyclic) bond motifs is 1. The number of nitrogens with zero attached hydrogens (tertiary/aromatic N) is 6. The van der Waals surface area contributed by atoms with Gasteiger partial charge in [-0.1, -0.05) is 23.4 Å². The molecule has 2 atom stereocenters. The Hall–Kier alpha value is -3.49. The number of aromatic nitrogens is 4. The zero-order valence-electron chi connectivity index (χ0n) is 17.2. The number of anilines is 1. The number of carbonyl (C=O) groups is 2. The SMILES string of the molecule is Cn1cccc1C(=O)N1C[C@@H](F)C[C@H]1Cn1cc(C(=O)N2CCc3ccccc32)nn1. The lowest BCUT2D eigenvalue weighted by molar-refractivity contribution is 0.0704. The second-order valence-corrected chi connectivity index (χ2v) is 8.11. The molecule has 1 fully saturated rings. The van der Waals surface area contributed by atoms with E-state index in [9.17, 15) is 14.0 Å². The number of rotatable bonds is 4. The third-order valence-electron chi connectivity index (χ3n) is 6.08. The number of para-hydroxylation sites is 1. The van der Waals surface area contributed by atoms with Gasteiger partial charge in [-0.05, 0) is 30.2 Å². The van der Waals surface area contributed by atoms with Gasteiger partial charge < -0.3 is 14.4 Å². The standard InChI is InChI=1S/C22H23FN6O2/c1-26-9-4-7-20(26)22(31)29-12-16(23)11-17(29)13-27-14-18(24-25-27)21(30)28-10-8-15-5-2-3-6-19(15)28/h2-7,9,14,16-17H,8,10-13H2,1H3/t16-,17-/m0/s1. The fourth-order valence-electron chi connectivity index (χ4n) is 4.50. The number of aryl methyl sites for hydroxylation is 1. The van der Waals surface area contributed by atoms with Crippen LogP contribution in [0, 0.1) is 0 Å². The number of alkyl halides is 1. The Morgan fingerprint density at radius 2 is 2.00 bits per heavy atom. The summed E-state index contributed by atoms with van der Waals surface area (Å²) in [4.78, 5) is 29.1. The Bertz CT molecular complexity index is 1140. The van der Waals surface area contributed by atoms with Crippen LogP contribution >= 0.6 is 0 Å². The smallest absolute Gasteiger partial charge is 0.280 e. The molecule has 2 aliphatic rings. The van der Waals surface area contributed by atoms with Gasteiger partial charge in [-0.2, -0.15) is 0 Å². The highest BCUT2D eigenvalue weighted by Gasteiger charge is 2.37. The summed E-state index contributed by atoms with van der Waals surface area (Å²) >= 11 is 0. The third-order valence-corrected chi connectivity index (χ3v) is 6.08. The maximum absolute atomic E-state index is 14.2. The number of likely N-dealkylation sites (tertiary alicyclic amines) is 1. The van der Waals surface area contributed by atoms with Gasteiger partial charge in [-0.3, -0.25) is 9.59 Å². The van der Waals surface area contributed by atoms with Crippen LogP contribution in [0.4, 0.5) is 10.1 Å². The zero-order valence-corrected chi connectivity index (χ0v) is 17.2. The molecule has 5 rings (SSSR count). The van der Waals surface area contributed by atoms with E-state index >= 15 is 0 Å². The molecule has 4 heterocycles. The van der Waals surface area contributed by atoms with E-state index < -0.39 is 6.17 Å². The summed E-state index contributed by atoms with van der Waals surface area (Å²) < 4.78 is 17.5. The van der Waals surface area contributed by atoms with Crippen molar-refractivity contribution < 1.29 is 14.0 Å². The Morgan fingerprint density at radius 1 is 1.16 bits per heavy atom. The first-order valence-electron chi connectivity index (χ1n) is 10.4. The summed E-state index contributed by atoms with van der Waals surface area (Å²) in [5.74, 6) is -0.412. The first-order valence-corrected chi connectivity index (χ1v) is 10.4. The third kappa shape index (κ3) is 3.49. The summed E-state index contributed by atoms with van der Waals surface area (Å²) in [6.07, 6.45) is 3.34. The van der Waals surface area contributed by atoms with Crippen molar-refractivity contribution in [3.05, 3.63) is 65.7 Å². The van der Waals surface area contributed by atoms with Crippen molar-refractivity contribution in [2.75, 3.05) is 18.0 Å². The van der Waals surface area contributed by atoms with Crippen molar-refractivity contribution >= 4 is 17.5 Å². The Kier molecular flexibility index (Phi) is 4.80. The quantitative estimate of drug-likeness (QED) is 0.645. The van der Waals surface area contributed by atoms with E-state index in [0.717, 1.165) is 17.7 Å². The molecule has 9 heteroatoms. The van der Waals surface area contributed by atoms with Crippen LogP contribution in [-0.4, -0.2) is 61.6 Å². The molecule has 0 radical (unpaired) electrons. The summed E-state index contributed by atoms with van der Waals surface area (Å²) in [5, 5.41) is 8.13. The van der Waals surface area contributed by atoms with E-state index in [1.165, 1.54) is 4.68 Å². The van der Waals surface area contributed by atoms with Crippen molar-refractivity contribution in [2.45, 2.75) is 31.6 Å². The molecule has 1 aromatic carbocycles. The lowest BCUT2D eigenvalue weighted by Crippen LogP contribution is -2.39. The first-order chi connectivity index (χ1) is 15.0. The molecule has 160 valence electrons. The summed E-state index contributed by atoms with van der Waals surface area (Å²) in [5.41, 5.74) is 2.79. The van der Waals surface area contributed by atoms with Gasteiger partial charge in [-0.15, -0.1) is 5.10 Å². The lowest BCUT2D eigenvalue weighted by Gasteiger charge is -2.24. The molecule has 8 nitrogen and oxygen atoms in total. The minimum absolute atomic E-state index is 0.0553. The average molecular weight is 422 g/mol. The molecule has 31 heavy (non-hydrogen) atoms. The predicted octanol–water partition coefficient (Wildman–Crippen LogP) is 2.07. The predicted molar refractivity (Wildman–Crippen MR) is 112 cm³/mol. The number of hydrogen-bond acceptors (Lipinski definition) is 4. The van der Waals surface area contributed by atoms with Crippen molar-refractivity contribution in [2.24, 2.45) is 7.05 Å². The molecule has 2 aliphatic heterocycles. The maximum atomic E-state index is 14.2. The number of amides is 2. The van der Waals surface area contributed by atoms with Gasteiger partial charge in [-0.25, -0.2) is 9.07 Å². The number of halogens is 1. The molecule has 0 spiro atoms. The fourth-order valence-corrected chi connectivity index (χ4v) is 4.50. The van der Waals surface area contributed by atoms with Crippen molar-refractivity contribution in [3.8, 4) is 0 Å². The highest BCUT2D eigenvalue weighted by Crippen LogP contribution is 2.29. The van der Waals surface area contributed by atoms with Gasteiger partial charge in [0.25, 0.3) is 11.8 Å². The Balaban J connectivity index is 1.31. The van der Waals surface area contributed by atoms with Gasteiger partial charge in [0.2, 0.25) is 0 Å². The molecule has 2 amide bonds. The molecule has 0 aliphatic carbocycles. The summed E-state index contributed by atoms with van der Waals surface area (Å²) in [7, 11) is 1.79. The zero-order chi connectivity index (χ0) is 21.5. The van der Waals surface area contributed by atoms with Crippen LogP contribution in [0.1, 0.15) is 33.0 Å². The normalized spacial score (nSPS) is 20.3. The van der Waals surface area contributed by atoms with Gasteiger partial charge in [0, 0.05) is 31.9 Å². The van der Waals surface area contributed by atoms with Crippen LogP contribution in [0.25, 0.3) is 0 Å². The van der Waals surface area contributed by atoms with E-state index in [1.54, 1.807) is 45.9 Å². The van der Waals surface area contributed by atoms with Crippen LogP contribution < -0.4 is 4.90 Å². The van der Waals surface area contributed by atoms with E-state index in [1.807, 2.05) is 24.3 Å². The highest BCUT2D eigenvalue weighted by atomic mass is 19.1.